The number of hydrogen-bond acceptors (Lipinski definition) is 3. The molecule has 1 saturated heterocycles. The van der Waals surface area contributed by atoms with Gasteiger partial charge in [-0.3, -0.25) is 4.90 Å². The average Bonchev–Trinajstić information content (AvgIpc) is 2.63. The summed E-state index contributed by atoms with van der Waals surface area (Å²) in [6.07, 6.45) is 6.37. The summed E-state index contributed by atoms with van der Waals surface area (Å²) < 4.78 is 5.43. The molecule has 2 fully saturated rings. The molecule has 25 heavy (non-hydrogen) atoms. The molecule has 140 valence electrons. The first-order valence-corrected chi connectivity index (χ1v) is 9.24. The quantitative estimate of drug-likeness (QED) is 0.405. The number of halogens is 1. The first kappa shape index (κ1) is 20.5. The Hall–Kier alpha value is -0.860. The fourth-order valence-electron chi connectivity index (χ4n) is 3.54. The van der Waals surface area contributed by atoms with Gasteiger partial charge in [-0.2, -0.15) is 0 Å². The van der Waals surface area contributed by atoms with E-state index in [-0.39, 0.29) is 24.0 Å². The van der Waals surface area contributed by atoms with Gasteiger partial charge in [-0.1, -0.05) is 43.5 Å². The first-order valence-electron chi connectivity index (χ1n) is 9.24. The lowest BCUT2D eigenvalue weighted by Gasteiger charge is -2.27. The maximum Gasteiger partial charge on any atom is 0.189 e. The van der Waals surface area contributed by atoms with Crippen LogP contribution in [-0.4, -0.2) is 43.2 Å². The number of rotatable bonds is 5. The lowest BCUT2D eigenvalue weighted by molar-refractivity contribution is 0.0341. The maximum atomic E-state index is 6.10. The zero-order valence-corrected chi connectivity index (χ0v) is 17.3. The second kappa shape index (κ2) is 11.0. The lowest BCUT2D eigenvalue weighted by atomic mass is 9.96. The molecule has 0 bridgehead atoms. The number of guanidine groups is 1. The molecule has 3 rings (SSSR count). The molecule has 0 unspecified atom stereocenters. The van der Waals surface area contributed by atoms with Crippen molar-refractivity contribution in [2.75, 3.05) is 26.3 Å². The highest BCUT2D eigenvalue weighted by atomic mass is 127. The van der Waals surface area contributed by atoms with E-state index in [1.165, 1.54) is 43.2 Å². The molecular formula is C19H31IN4O. The Morgan fingerprint density at radius 2 is 1.80 bits per heavy atom. The van der Waals surface area contributed by atoms with Crippen LogP contribution in [0.1, 0.15) is 43.2 Å². The van der Waals surface area contributed by atoms with Gasteiger partial charge in [-0.15, -0.1) is 24.0 Å². The Morgan fingerprint density at radius 3 is 2.52 bits per heavy atom. The Labute approximate surface area is 168 Å². The van der Waals surface area contributed by atoms with Crippen LogP contribution in [0.15, 0.2) is 29.3 Å². The number of hydrogen-bond donors (Lipinski definition) is 2. The highest BCUT2D eigenvalue weighted by molar-refractivity contribution is 14.0. The topological polar surface area (TPSA) is 62.9 Å². The smallest absolute Gasteiger partial charge is 0.189 e. The SMILES string of the molecule is I.NC(=NCc1ccccc1CN1CCOCC1)NC1CCCCC1. The minimum atomic E-state index is 0. The lowest BCUT2D eigenvalue weighted by Crippen LogP contribution is -2.41. The van der Waals surface area contributed by atoms with Gasteiger partial charge in [-0.25, -0.2) is 4.99 Å². The minimum absolute atomic E-state index is 0. The molecule has 2 aliphatic rings. The molecule has 1 aliphatic carbocycles. The van der Waals surface area contributed by atoms with E-state index in [0.717, 1.165) is 32.8 Å². The fraction of sp³-hybridized carbons (Fsp3) is 0.632. The van der Waals surface area contributed by atoms with Gasteiger partial charge in [0.2, 0.25) is 0 Å². The molecule has 6 heteroatoms. The number of benzene rings is 1. The molecular weight excluding hydrogens is 427 g/mol. The summed E-state index contributed by atoms with van der Waals surface area (Å²) >= 11 is 0. The van der Waals surface area contributed by atoms with Crippen molar-refractivity contribution in [2.45, 2.75) is 51.2 Å². The molecule has 1 aliphatic heterocycles. The van der Waals surface area contributed by atoms with Crippen LogP contribution in [0.3, 0.4) is 0 Å². The largest absolute Gasteiger partial charge is 0.379 e. The summed E-state index contributed by atoms with van der Waals surface area (Å²) in [5, 5.41) is 3.39. The molecule has 0 aromatic heterocycles. The average molecular weight is 458 g/mol. The summed E-state index contributed by atoms with van der Waals surface area (Å²) in [7, 11) is 0. The summed E-state index contributed by atoms with van der Waals surface area (Å²) in [5.41, 5.74) is 8.70. The van der Waals surface area contributed by atoms with E-state index in [1.54, 1.807) is 0 Å². The maximum absolute atomic E-state index is 6.10. The third-order valence-corrected chi connectivity index (χ3v) is 4.99. The second-order valence-corrected chi connectivity index (χ2v) is 6.84. The number of aliphatic imine (C=N–C) groups is 1. The fourth-order valence-corrected chi connectivity index (χ4v) is 3.54. The van der Waals surface area contributed by atoms with Crippen LogP contribution in [0.4, 0.5) is 0 Å². The summed E-state index contributed by atoms with van der Waals surface area (Å²) in [5.74, 6) is 0.586. The van der Waals surface area contributed by atoms with E-state index < -0.39 is 0 Å². The van der Waals surface area contributed by atoms with E-state index in [0.29, 0.717) is 18.5 Å². The van der Waals surface area contributed by atoms with Crippen LogP contribution in [0.2, 0.25) is 0 Å². The normalized spacial score (nSPS) is 20.1. The van der Waals surface area contributed by atoms with E-state index >= 15 is 0 Å². The summed E-state index contributed by atoms with van der Waals surface area (Å²) in [4.78, 5) is 7.02. The van der Waals surface area contributed by atoms with Crippen molar-refractivity contribution in [3.05, 3.63) is 35.4 Å². The molecule has 0 spiro atoms. The number of nitrogens with one attached hydrogen (secondary N) is 1. The van der Waals surface area contributed by atoms with Gasteiger partial charge in [0.15, 0.2) is 5.96 Å². The molecule has 0 atom stereocenters. The molecule has 1 aromatic rings. The van der Waals surface area contributed by atoms with Gasteiger partial charge in [0.05, 0.1) is 19.8 Å². The van der Waals surface area contributed by atoms with Crippen molar-refractivity contribution < 1.29 is 4.74 Å². The monoisotopic (exact) mass is 458 g/mol. The van der Waals surface area contributed by atoms with E-state index in [4.69, 9.17) is 10.5 Å². The highest BCUT2D eigenvalue weighted by Gasteiger charge is 2.14. The number of nitrogens with zero attached hydrogens (tertiary/aromatic N) is 2. The molecule has 1 aromatic carbocycles. The number of ether oxygens (including phenoxy) is 1. The van der Waals surface area contributed by atoms with Gasteiger partial charge in [0.25, 0.3) is 0 Å². The third-order valence-electron chi connectivity index (χ3n) is 4.99. The summed E-state index contributed by atoms with van der Waals surface area (Å²) in [6.45, 7) is 5.28. The van der Waals surface area contributed by atoms with Crippen LogP contribution in [-0.2, 0) is 17.8 Å². The third kappa shape index (κ3) is 6.75. The number of morpholine rings is 1. The van der Waals surface area contributed by atoms with Crippen LogP contribution < -0.4 is 11.1 Å². The molecule has 0 amide bonds. The van der Waals surface area contributed by atoms with Crippen LogP contribution in [0, 0.1) is 0 Å². The molecule has 1 saturated carbocycles. The Kier molecular flexibility index (Phi) is 8.98. The van der Waals surface area contributed by atoms with Gasteiger partial charge < -0.3 is 15.8 Å². The van der Waals surface area contributed by atoms with Crippen molar-refractivity contribution in [2.24, 2.45) is 10.7 Å². The zero-order valence-electron chi connectivity index (χ0n) is 15.0. The van der Waals surface area contributed by atoms with Crippen LogP contribution >= 0.6 is 24.0 Å². The minimum Gasteiger partial charge on any atom is -0.379 e. The Morgan fingerprint density at radius 1 is 1.12 bits per heavy atom. The van der Waals surface area contributed by atoms with E-state index in [9.17, 15) is 0 Å². The van der Waals surface area contributed by atoms with Crippen LogP contribution in [0.25, 0.3) is 0 Å². The van der Waals surface area contributed by atoms with Crippen LogP contribution in [0.5, 0.6) is 0 Å². The predicted octanol–water partition coefficient (Wildman–Crippen LogP) is 2.87. The van der Waals surface area contributed by atoms with Crippen molar-refractivity contribution in [3.63, 3.8) is 0 Å². The van der Waals surface area contributed by atoms with Gasteiger partial charge in [0, 0.05) is 25.7 Å². The van der Waals surface area contributed by atoms with Gasteiger partial charge in [0.1, 0.15) is 0 Å². The second-order valence-electron chi connectivity index (χ2n) is 6.84. The van der Waals surface area contributed by atoms with Gasteiger partial charge in [-0.05, 0) is 24.0 Å². The number of nitrogens with two attached hydrogens (primary N) is 1. The van der Waals surface area contributed by atoms with Crippen molar-refractivity contribution in [1.82, 2.24) is 10.2 Å². The summed E-state index contributed by atoms with van der Waals surface area (Å²) in [6, 6.07) is 9.05. The van der Waals surface area contributed by atoms with Gasteiger partial charge >= 0.3 is 0 Å². The molecule has 0 radical (unpaired) electrons. The van der Waals surface area contributed by atoms with E-state index in [1.807, 2.05) is 0 Å². The Balaban J connectivity index is 0.00000225. The molecule has 1 heterocycles. The first-order chi connectivity index (χ1) is 11.8. The van der Waals surface area contributed by atoms with Crippen molar-refractivity contribution >= 4 is 29.9 Å². The van der Waals surface area contributed by atoms with E-state index in [2.05, 4.69) is 39.5 Å². The van der Waals surface area contributed by atoms with Crippen molar-refractivity contribution in [1.29, 1.82) is 0 Å². The Bertz CT molecular complexity index is 540. The molecule has 3 N–H and O–H groups in total. The van der Waals surface area contributed by atoms with Crippen molar-refractivity contribution in [3.8, 4) is 0 Å². The predicted molar refractivity (Wildman–Crippen MR) is 113 cm³/mol. The zero-order chi connectivity index (χ0) is 16.6. The standard InChI is InChI=1S/C19H30N4O.HI/c20-19(22-18-8-2-1-3-9-18)21-14-16-6-4-5-7-17(16)15-23-10-12-24-13-11-23;/h4-7,18H,1-3,8-15H2,(H3,20,21,22);1H. The highest BCUT2D eigenvalue weighted by Crippen LogP contribution is 2.17. The molecule has 5 nitrogen and oxygen atoms in total.